The van der Waals surface area contributed by atoms with Gasteiger partial charge in [0.2, 0.25) is 0 Å². The van der Waals surface area contributed by atoms with Gasteiger partial charge in [0.25, 0.3) is 0 Å². The summed E-state index contributed by atoms with van der Waals surface area (Å²) >= 11 is 1.15. The van der Waals surface area contributed by atoms with E-state index in [4.69, 9.17) is 5.11 Å². The minimum atomic E-state index is -1.64. The van der Waals surface area contributed by atoms with Crippen LogP contribution >= 0.6 is 11.3 Å². The highest BCUT2D eigenvalue weighted by Gasteiger charge is 2.38. The largest absolute Gasteiger partial charge is 0.478 e. The number of carboxylic acid groups (broad SMARTS) is 2. The molecule has 2 aliphatic rings. The Balaban J connectivity index is 1.86. The van der Waals surface area contributed by atoms with Crippen LogP contribution in [0.25, 0.3) is 0 Å². The molecule has 4 rings (SSSR count). The average molecular weight is 358 g/mol. The van der Waals surface area contributed by atoms with E-state index in [0.717, 1.165) is 28.3 Å². The highest BCUT2D eigenvalue weighted by Crippen LogP contribution is 2.47. The number of anilines is 1. The topological polar surface area (TPSA) is 107 Å². The molecule has 7 nitrogen and oxygen atoms in total. The number of aromatic carboxylic acids is 1. The van der Waals surface area contributed by atoms with Crippen molar-refractivity contribution in [2.45, 2.75) is 19.0 Å². The predicted molar refractivity (Wildman–Crippen MR) is 89.9 cm³/mol. The Morgan fingerprint density at radius 3 is 2.64 bits per heavy atom. The summed E-state index contributed by atoms with van der Waals surface area (Å²) in [6, 6.07) is 7.94. The minimum absolute atomic E-state index is 0.0101. The standard InChI is InChI=1S/C17H14N2O5S/c20-14(17(23)24)18-15-13(16(21)22)12-10-6-19(7-11(12)25-15)5-8-3-1-2-4-9(8)10/h1-4,10H,5-7H2,(H,18,20)(H,21,22)(H,23,24). The van der Waals surface area contributed by atoms with Gasteiger partial charge in [-0.2, -0.15) is 0 Å². The van der Waals surface area contributed by atoms with Crippen molar-refractivity contribution in [1.29, 1.82) is 0 Å². The summed E-state index contributed by atoms with van der Waals surface area (Å²) in [5.74, 6) is -4.12. The molecule has 2 atom stereocenters. The SMILES string of the molecule is O=C(O)C(=O)Nc1sc2c(c1C(=O)O)C1CN(Cc3ccccc31)C2. The summed E-state index contributed by atoms with van der Waals surface area (Å²) in [5.41, 5.74) is 2.97. The zero-order chi connectivity index (χ0) is 17.7. The molecule has 0 fully saturated rings. The average Bonchev–Trinajstić information content (AvgIpc) is 2.92. The highest BCUT2D eigenvalue weighted by molar-refractivity contribution is 7.17. The lowest BCUT2D eigenvalue weighted by Crippen LogP contribution is -2.38. The number of fused-ring (bicyclic) bond motifs is 6. The number of nitrogens with zero attached hydrogens (tertiary/aromatic N) is 1. The van der Waals surface area contributed by atoms with Crippen molar-refractivity contribution in [2.24, 2.45) is 0 Å². The molecule has 1 amide bonds. The first-order valence-electron chi connectivity index (χ1n) is 7.69. The van der Waals surface area contributed by atoms with Crippen LogP contribution in [-0.2, 0) is 22.7 Å². The van der Waals surface area contributed by atoms with Gasteiger partial charge in [0.15, 0.2) is 0 Å². The van der Waals surface area contributed by atoms with E-state index >= 15 is 0 Å². The number of benzene rings is 1. The highest BCUT2D eigenvalue weighted by atomic mass is 32.1. The Labute approximate surface area is 146 Å². The molecule has 0 spiro atoms. The van der Waals surface area contributed by atoms with E-state index in [9.17, 15) is 19.5 Å². The smallest absolute Gasteiger partial charge is 0.394 e. The molecule has 0 saturated carbocycles. The maximum atomic E-state index is 11.9. The van der Waals surface area contributed by atoms with E-state index in [1.807, 2.05) is 24.3 Å². The van der Waals surface area contributed by atoms with Crippen LogP contribution in [0, 0.1) is 0 Å². The molecule has 2 aliphatic heterocycles. The number of nitrogens with one attached hydrogen (secondary N) is 1. The fraction of sp³-hybridized carbons (Fsp3) is 0.235. The summed E-state index contributed by atoms with van der Waals surface area (Å²) in [6.45, 7) is 2.10. The molecular formula is C17H14N2O5S. The first-order valence-corrected chi connectivity index (χ1v) is 8.50. The Morgan fingerprint density at radius 1 is 1.16 bits per heavy atom. The van der Waals surface area contributed by atoms with Crippen molar-refractivity contribution in [3.8, 4) is 0 Å². The van der Waals surface area contributed by atoms with Gasteiger partial charge in [-0.3, -0.25) is 9.69 Å². The van der Waals surface area contributed by atoms with Crippen molar-refractivity contribution >= 4 is 34.2 Å². The zero-order valence-electron chi connectivity index (χ0n) is 13.0. The van der Waals surface area contributed by atoms with Crippen LogP contribution in [0.1, 0.15) is 37.8 Å². The number of amides is 1. The minimum Gasteiger partial charge on any atom is -0.478 e. The monoisotopic (exact) mass is 358 g/mol. The first-order chi connectivity index (χ1) is 12.0. The number of carbonyl (C=O) groups is 3. The van der Waals surface area contributed by atoms with E-state index in [1.165, 1.54) is 5.56 Å². The van der Waals surface area contributed by atoms with Gasteiger partial charge in [-0.05, 0) is 16.7 Å². The second-order valence-electron chi connectivity index (χ2n) is 6.13. The molecular weight excluding hydrogens is 344 g/mol. The van der Waals surface area contributed by atoms with Gasteiger partial charge in [-0.15, -0.1) is 11.3 Å². The van der Waals surface area contributed by atoms with Gasteiger partial charge in [0, 0.05) is 30.4 Å². The van der Waals surface area contributed by atoms with Gasteiger partial charge in [0.1, 0.15) is 5.00 Å². The van der Waals surface area contributed by atoms with Crippen LogP contribution < -0.4 is 5.32 Å². The molecule has 2 bridgehead atoms. The Morgan fingerprint density at radius 2 is 1.92 bits per heavy atom. The third kappa shape index (κ3) is 2.50. The van der Waals surface area contributed by atoms with Crippen LogP contribution in [-0.4, -0.2) is 39.5 Å². The van der Waals surface area contributed by atoms with Crippen molar-refractivity contribution < 1.29 is 24.6 Å². The maximum absolute atomic E-state index is 11.9. The lowest BCUT2D eigenvalue weighted by molar-refractivity contribution is -0.147. The molecule has 0 saturated heterocycles. The van der Waals surface area contributed by atoms with Crippen LogP contribution in [0.4, 0.5) is 5.00 Å². The third-order valence-electron chi connectivity index (χ3n) is 4.64. The number of rotatable bonds is 2. The van der Waals surface area contributed by atoms with Crippen molar-refractivity contribution in [2.75, 3.05) is 11.9 Å². The fourth-order valence-electron chi connectivity index (χ4n) is 3.68. The van der Waals surface area contributed by atoms with Crippen molar-refractivity contribution in [1.82, 2.24) is 4.90 Å². The van der Waals surface area contributed by atoms with Gasteiger partial charge in [-0.25, -0.2) is 9.59 Å². The van der Waals surface area contributed by atoms with E-state index in [-0.39, 0.29) is 16.5 Å². The van der Waals surface area contributed by atoms with Crippen LogP contribution in [0.15, 0.2) is 24.3 Å². The number of hydrogen-bond donors (Lipinski definition) is 3. The van der Waals surface area contributed by atoms with Crippen LogP contribution in [0.2, 0.25) is 0 Å². The van der Waals surface area contributed by atoms with Gasteiger partial charge in [-0.1, -0.05) is 24.3 Å². The van der Waals surface area contributed by atoms with Crippen molar-refractivity contribution in [3.05, 3.63) is 51.4 Å². The number of carboxylic acids is 2. The fourth-order valence-corrected chi connectivity index (χ4v) is 4.98. The molecule has 8 heteroatoms. The molecule has 2 unspecified atom stereocenters. The van der Waals surface area contributed by atoms with E-state index < -0.39 is 17.8 Å². The summed E-state index contributed by atoms with van der Waals surface area (Å²) in [5, 5.41) is 20.8. The summed E-state index contributed by atoms with van der Waals surface area (Å²) in [7, 11) is 0. The molecule has 25 heavy (non-hydrogen) atoms. The summed E-state index contributed by atoms with van der Waals surface area (Å²) in [6.07, 6.45) is 0. The van der Waals surface area contributed by atoms with Gasteiger partial charge in [0.05, 0.1) is 5.56 Å². The number of carbonyl (C=O) groups excluding carboxylic acids is 1. The molecule has 1 aromatic heterocycles. The van der Waals surface area contributed by atoms with E-state index in [1.54, 1.807) is 0 Å². The molecule has 128 valence electrons. The normalized spacial score (nSPS) is 20.3. The molecule has 0 aliphatic carbocycles. The maximum Gasteiger partial charge on any atom is 0.394 e. The molecule has 1 aromatic carbocycles. The molecule has 0 radical (unpaired) electrons. The molecule has 3 heterocycles. The van der Waals surface area contributed by atoms with Gasteiger partial charge < -0.3 is 15.5 Å². The molecule has 3 N–H and O–H groups in total. The second-order valence-corrected chi connectivity index (χ2v) is 7.23. The Bertz CT molecular complexity index is 920. The molecule has 2 aromatic rings. The predicted octanol–water partition coefficient (Wildman–Crippen LogP) is 1.93. The van der Waals surface area contributed by atoms with E-state index in [0.29, 0.717) is 18.7 Å². The van der Waals surface area contributed by atoms with Crippen LogP contribution in [0.5, 0.6) is 0 Å². The summed E-state index contributed by atoms with van der Waals surface area (Å²) in [4.78, 5) is 37.3. The lowest BCUT2D eigenvalue weighted by Gasteiger charge is -2.39. The van der Waals surface area contributed by atoms with Crippen molar-refractivity contribution in [3.63, 3.8) is 0 Å². The van der Waals surface area contributed by atoms with Gasteiger partial charge >= 0.3 is 17.8 Å². The van der Waals surface area contributed by atoms with E-state index in [2.05, 4.69) is 10.2 Å². The quantitative estimate of drug-likeness (QED) is 0.708. The Hall–Kier alpha value is -2.71. The number of hydrogen-bond acceptors (Lipinski definition) is 5. The first kappa shape index (κ1) is 15.8. The number of thiophene rings is 1. The lowest BCUT2D eigenvalue weighted by atomic mass is 9.80. The zero-order valence-corrected chi connectivity index (χ0v) is 13.8. The second kappa shape index (κ2) is 5.68. The van der Waals surface area contributed by atoms with Crippen LogP contribution in [0.3, 0.4) is 0 Å². The summed E-state index contributed by atoms with van der Waals surface area (Å²) < 4.78 is 0. The Kier molecular flexibility index (Phi) is 3.59. The third-order valence-corrected chi connectivity index (χ3v) is 5.74. The number of aliphatic carboxylic acids is 1.